The van der Waals surface area contributed by atoms with Crippen LogP contribution in [0.5, 0.6) is 0 Å². The van der Waals surface area contributed by atoms with Crippen LogP contribution in [0.1, 0.15) is 49.9 Å². The molecule has 0 N–H and O–H groups in total. The van der Waals surface area contributed by atoms with Gasteiger partial charge in [-0.2, -0.15) is 0 Å². The minimum atomic E-state index is -0.105. The van der Waals surface area contributed by atoms with Crippen molar-refractivity contribution in [3.8, 4) is 56.3 Å². The Kier molecular flexibility index (Phi) is 9.80. The van der Waals surface area contributed by atoms with E-state index < -0.39 is 0 Å². The summed E-state index contributed by atoms with van der Waals surface area (Å²) in [5.41, 5.74) is 23.7. The van der Waals surface area contributed by atoms with Gasteiger partial charge in [-0.3, -0.25) is 0 Å². The third kappa shape index (κ3) is 7.01. The maximum atomic E-state index is 6.50. The highest BCUT2D eigenvalue weighted by atomic mass is 16.4. The van der Waals surface area contributed by atoms with E-state index in [9.17, 15) is 0 Å². The first-order chi connectivity index (χ1) is 36.2. The van der Waals surface area contributed by atoms with Crippen LogP contribution in [0, 0.1) is 0 Å². The summed E-state index contributed by atoms with van der Waals surface area (Å²) in [6, 6.07) is 81.8. The Bertz CT molecular complexity index is 3860. The number of rotatable bonds is 9. The monoisotopic (exact) mass is 954 g/mol. The van der Waals surface area contributed by atoms with E-state index in [1.54, 1.807) is 0 Å². The van der Waals surface area contributed by atoms with Gasteiger partial charge in [0.25, 0.3) is 0 Å². The highest BCUT2D eigenvalue weighted by Crippen LogP contribution is 2.52. The predicted molar refractivity (Wildman–Crippen MR) is 302 cm³/mol. The summed E-state index contributed by atoms with van der Waals surface area (Å²) in [7, 11) is 0. The lowest BCUT2D eigenvalue weighted by atomic mass is 9.82. The molecule has 2 aliphatic rings. The molecule has 0 amide bonds. The molecule has 0 fully saturated rings. The van der Waals surface area contributed by atoms with Gasteiger partial charge in [-0.05, 0) is 177 Å². The lowest BCUT2D eigenvalue weighted by Gasteiger charge is -2.28. The molecule has 0 bridgehead atoms. The minimum absolute atomic E-state index is 0.105. The second-order valence-electron chi connectivity index (χ2n) is 20.6. The van der Waals surface area contributed by atoms with Gasteiger partial charge in [-0.25, -0.2) is 9.97 Å². The Morgan fingerprint density at radius 1 is 0.297 bits per heavy atom. The van der Waals surface area contributed by atoms with E-state index in [0.717, 1.165) is 67.4 Å². The van der Waals surface area contributed by atoms with Crippen molar-refractivity contribution in [3.05, 3.63) is 253 Å². The Morgan fingerprint density at radius 3 is 1.05 bits per heavy atom. The molecule has 2 aromatic heterocycles. The number of aromatic nitrogens is 2. The highest BCUT2D eigenvalue weighted by Gasteiger charge is 2.37. The smallest absolute Gasteiger partial charge is 0.227 e. The van der Waals surface area contributed by atoms with Crippen LogP contribution in [-0.2, 0) is 10.8 Å². The van der Waals surface area contributed by atoms with E-state index in [1.807, 2.05) is 12.1 Å². The van der Waals surface area contributed by atoms with Gasteiger partial charge in [0.15, 0.2) is 11.2 Å². The number of anilines is 6. The Balaban J connectivity index is 0.726. The van der Waals surface area contributed by atoms with Crippen LogP contribution < -0.4 is 9.80 Å². The first-order valence-electron chi connectivity index (χ1n) is 25.4. The van der Waals surface area contributed by atoms with Gasteiger partial charge in [0.1, 0.15) is 11.0 Å². The molecule has 14 rings (SSSR count). The molecular formula is C68H50N4O2. The molecule has 0 radical (unpaired) electrons. The normalized spacial score (nSPS) is 13.6. The van der Waals surface area contributed by atoms with E-state index in [2.05, 4.69) is 256 Å². The fourth-order valence-corrected chi connectivity index (χ4v) is 11.7. The number of oxazole rings is 2. The lowest BCUT2D eigenvalue weighted by Crippen LogP contribution is -2.16. The molecule has 2 aliphatic carbocycles. The highest BCUT2D eigenvalue weighted by molar-refractivity contribution is 5.90. The molecule has 6 nitrogen and oxygen atoms in total. The van der Waals surface area contributed by atoms with Crippen molar-refractivity contribution in [3.63, 3.8) is 0 Å². The average Bonchev–Trinajstić information content (AvgIpc) is 4.23. The first kappa shape index (κ1) is 43.5. The number of hydrogen-bond acceptors (Lipinski definition) is 6. The van der Waals surface area contributed by atoms with Crippen molar-refractivity contribution in [2.24, 2.45) is 0 Å². The van der Waals surface area contributed by atoms with E-state index in [1.165, 1.54) is 44.5 Å². The summed E-state index contributed by atoms with van der Waals surface area (Å²) in [6.45, 7) is 9.31. The summed E-state index contributed by atoms with van der Waals surface area (Å²) in [6.07, 6.45) is 0. The fraction of sp³-hybridized carbons (Fsp3) is 0.0882. The number of para-hydroxylation sites is 2. The number of nitrogens with zero attached hydrogens (tertiary/aromatic N) is 4. The Hall–Kier alpha value is -9.26. The van der Waals surface area contributed by atoms with Crippen LogP contribution in [0.3, 0.4) is 0 Å². The molecule has 0 unspecified atom stereocenters. The second kappa shape index (κ2) is 16.7. The Morgan fingerprint density at radius 2 is 0.635 bits per heavy atom. The van der Waals surface area contributed by atoms with Gasteiger partial charge in [0.2, 0.25) is 11.8 Å². The van der Waals surface area contributed by atoms with Gasteiger partial charge in [0, 0.05) is 56.1 Å². The number of hydrogen-bond donors (Lipinski definition) is 0. The second-order valence-corrected chi connectivity index (χ2v) is 20.6. The molecule has 0 aliphatic heterocycles. The molecule has 2 heterocycles. The Labute approximate surface area is 430 Å². The average molecular weight is 955 g/mol. The van der Waals surface area contributed by atoms with Gasteiger partial charge >= 0.3 is 0 Å². The van der Waals surface area contributed by atoms with Crippen LogP contribution in [0.2, 0.25) is 0 Å². The van der Waals surface area contributed by atoms with Crippen LogP contribution in [0.4, 0.5) is 34.1 Å². The van der Waals surface area contributed by atoms with Gasteiger partial charge in [0.05, 0.1) is 0 Å². The summed E-state index contributed by atoms with van der Waals surface area (Å²) < 4.78 is 13.0. The molecule has 0 spiro atoms. The zero-order valence-electron chi connectivity index (χ0n) is 41.5. The molecule has 74 heavy (non-hydrogen) atoms. The van der Waals surface area contributed by atoms with E-state index >= 15 is 0 Å². The predicted octanol–water partition coefficient (Wildman–Crippen LogP) is 18.5. The summed E-state index contributed by atoms with van der Waals surface area (Å²) in [5, 5.41) is 0. The number of benzene rings is 10. The topological polar surface area (TPSA) is 58.5 Å². The maximum absolute atomic E-state index is 6.50. The summed E-state index contributed by atoms with van der Waals surface area (Å²) >= 11 is 0. The van der Waals surface area contributed by atoms with E-state index in [-0.39, 0.29) is 10.8 Å². The quantitative estimate of drug-likeness (QED) is 0.144. The largest absolute Gasteiger partial charge is 0.436 e. The zero-order valence-corrected chi connectivity index (χ0v) is 41.5. The number of fused-ring (bicyclic) bond motifs is 8. The van der Waals surface area contributed by atoms with Crippen molar-refractivity contribution in [2.45, 2.75) is 38.5 Å². The zero-order chi connectivity index (χ0) is 49.7. The van der Waals surface area contributed by atoms with Gasteiger partial charge in [-0.1, -0.05) is 137 Å². The summed E-state index contributed by atoms with van der Waals surface area (Å²) in [4.78, 5) is 14.5. The lowest BCUT2D eigenvalue weighted by molar-refractivity contribution is 0.619. The molecule has 6 heteroatoms. The van der Waals surface area contributed by atoms with Crippen molar-refractivity contribution in [1.82, 2.24) is 9.97 Å². The molecule has 10 aromatic carbocycles. The molecule has 0 saturated carbocycles. The minimum Gasteiger partial charge on any atom is -0.436 e. The van der Waals surface area contributed by atoms with Crippen molar-refractivity contribution in [2.75, 3.05) is 9.80 Å². The third-order valence-electron chi connectivity index (χ3n) is 15.5. The van der Waals surface area contributed by atoms with Gasteiger partial charge < -0.3 is 18.6 Å². The third-order valence-corrected chi connectivity index (χ3v) is 15.5. The van der Waals surface area contributed by atoms with Crippen molar-refractivity contribution < 1.29 is 8.83 Å². The first-order valence-corrected chi connectivity index (χ1v) is 25.4. The summed E-state index contributed by atoms with van der Waals surface area (Å²) in [5.74, 6) is 1.14. The maximum Gasteiger partial charge on any atom is 0.227 e. The van der Waals surface area contributed by atoms with Crippen LogP contribution in [0.15, 0.2) is 239 Å². The van der Waals surface area contributed by atoms with Crippen molar-refractivity contribution in [1.29, 1.82) is 0 Å². The van der Waals surface area contributed by atoms with E-state index in [0.29, 0.717) is 22.9 Å². The molecule has 0 saturated heterocycles. The van der Waals surface area contributed by atoms with Crippen LogP contribution >= 0.6 is 0 Å². The standard InChI is InChI=1S/C68H50N4O2/c1-67(2)57-21-13-11-19-53(57)55-35-33-51(41-59(55)67)71(47-15-7-5-8-16-47)49-29-23-43(24-30-49)65-69-61-37-27-45(39-63(61)73-65)46-28-38-62-64(40-46)74-66(70-62)44-25-31-50(32-26-44)72(48-17-9-6-10-18-48)52-34-36-56-54-20-12-14-22-58(54)68(3,4)60(56)42-52/h5-42H,1-4H3. The molecule has 354 valence electrons. The molecule has 12 aromatic rings. The van der Waals surface area contributed by atoms with Gasteiger partial charge in [-0.15, -0.1) is 0 Å². The van der Waals surface area contributed by atoms with Crippen molar-refractivity contribution >= 4 is 56.3 Å². The molecule has 0 atom stereocenters. The van der Waals surface area contributed by atoms with E-state index in [4.69, 9.17) is 18.8 Å². The van der Waals surface area contributed by atoms with Crippen LogP contribution in [0.25, 0.3) is 78.5 Å². The van der Waals surface area contributed by atoms with Crippen LogP contribution in [-0.4, -0.2) is 9.97 Å². The fourth-order valence-electron chi connectivity index (χ4n) is 11.7. The SMILES string of the molecule is CC1(C)c2ccccc2-c2ccc(N(c3ccccc3)c3ccc(-c4nc5ccc(-c6ccc7nc(-c8ccc(N(c9ccccc9)c9ccc%10c(c9)C(C)(C)c9ccccc9-%10)cc8)oc7c6)cc5o4)cc3)cc21. The molecular weight excluding hydrogens is 905 g/mol.